The molecule has 0 saturated carbocycles. The minimum atomic E-state index is -0.694. The minimum Gasteiger partial charge on any atom is -0.486 e. The number of aliphatic hydroxyl groups is 1. The van der Waals surface area contributed by atoms with Crippen LogP contribution in [0.3, 0.4) is 0 Å². The Morgan fingerprint density at radius 2 is 1.19 bits per heavy atom. The molecule has 0 bridgehead atoms. The van der Waals surface area contributed by atoms with Crippen LogP contribution in [0.1, 0.15) is 61.0 Å². The van der Waals surface area contributed by atoms with Crippen LogP contribution < -0.4 is 20.5 Å². The zero-order valence-electron chi connectivity index (χ0n) is 34.1. The Kier molecular flexibility index (Phi) is 24.5. The Morgan fingerprint density at radius 1 is 0.712 bits per heavy atom. The summed E-state index contributed by atoms with van der Waals surface area (Å²) < 4.78 is 63.6. The lowest BCUT2D eigenvalue weighted by Crippen LogP contribution is -2.35. The number of esters is 2. The Hall–Kier alpha value is -5.29. The fraction of sp³-hybridized carbons (Fsp3) is 0.386. The predicted molar refractivity (Wildman–Crippen MR) is 216 cm³/mol. The van der Waals surface area contributed by atoms with Gasteiger partial charge in [0.2, 0.25) is 6.29 Å². The molecular weight excluding hydrogens is 770 g/mol. The molecule has 322 valence electrons. The van der Waals surface area contributed by atoms with Gasteiger partial charge in [0.15, 0.2) is 29.4 Å². The molecule has 0 aromatic heterocycles. The molecule has 0 radical (unpaired) electrons. The molecule has 59 heavy (non-hydrogen) atoms. The fourth-order valence-electron chi connectivity index (χ4n) is 5.10. The van der Waals surface area contributed by atoms with Gasteiger partial charge in [-0.25, -0.2) is 8.78 Å². The van der Waals surface area contributed by atoms with Gasteiger partial charge in [0.1, 0.15) is 13.2 Å². The molecule has 4 aromatic carbocycles. The summed E-state index contributed by atoms with van der Waals surface area (Å²) in [6.07, 6.45) is -0.505. The average Bonchev–Trinajstić information content (AvgIpc) is 3.24. The van der Waals surface area contributed by atoms with E-state index in [4.69, 9.17) is 29.4 Å². The van der Waals surface area contributed by atoms with E-state index in [9.17, 15) is 28.3 Å². The highest BCUT2D eigenvalue weighted by Crippen LogP contribution is 2.26. The molecule has 0 heterocycles. The highest BCUT2D eigenvalue weighted by molar-refractivity contribution is 5.71. The lowest BCUT2D eigenvalue weighted by atomic mass is 10.0. The number of halogens is 2. The van der Waals surface area contributed by atoms with Crippen molar-refractivity contribution in [1.29, 1.82) is 0 Å². The van der Waals surface area contributed by atoms with Crippen LogP contribution in [0, 0.1) is 11.6 Å². The summed E-state index contributed by atoms with van der Waals surface area (Å²) in [5.41, 5.74) is 8.90. The number of carbonyl (C=O) groups excluding carboxylic acids is 3. The van der Waals surface area contributed by atoms with Gasteiger partial charge in [0.05, 0.1) is 38.8 Å². The molecule has 0 fully saturated rings. The highest BCUT2D eigenvalue weighted by Gasteiger charge is 2.20. The van der Waals surface area contributed by atoms with E-state index in [2.05, 4.69) is 14.8 Å². The number of aliphatic hydroxyl groups excluding tert-OH is 1. The van der Waals surface area contributed by atoms with Crippen LogP contribution in [0.15, 0.2) is 97.1 Å². The summed E-state index contributed by atoms with van der Waals surface area (Å²) in [5.74, 6) is -1.52. The Morgan fingerprint density at radius 3 is 1.59 bits per heavy atom. The number of nitrogens with two attached hydrogens (primary N) is 1. The first-order chi connectivity index (χ1) is 28.5. The van der Waals surface area contributed by atoms with Crippen molar-refractivity contribution in [2.75, 3.05) is 47.7 Å². The van der Waals surface area contributed by atoms with Crippen LogP contribution in [0.2, 0.25) is 0 Å². The molecule has 0 saturated heterocycles. The van der Waals surface area contributed by atoms with Gasteiger partial charge in [-0.05, 0) is 60.4 Å². The van der Waals surface area contributed by atoms with Crippen molar-refractivity contribution in [3.63, 3.8) is 0 Å². The van der Waals surface area contributed by atoms with Gasteiger partial charge < -0.3 is 49.3 Å². The van der Waals surface area contributed by atoms with E-state index in [1.54, 1.807) is 32.0 Å². The van der Waals surface area contributed by atoms with E-state index in [1.165, 1.54) is 39.5 Å². The van der Waals surface area contributed by atoms with Crippen LogP contribution in [0.25, 0.3) is 0 Å². The number of hydrogen-bond acceptors (Lipinski definition) is 13. The standard InChI is InChI=1S/C22H28FNO5.C18H20FNO3.C4H8O3/c1-3-28-22(26)12-20(24-13-18(14-25)27-2)17-9-10-21(19(23)11-17)29-15-16-7-5-4-6-8-16;1-2-22-18(21)11-16(20)14-8-9-17(15(19)10-14)23-12-13-6-4-3-5-7-13;1-6-4(3-5)7-2/h4-11,18,20,24-25H,3,12-15H2,1-2H3;3-10,16H,2,11-12,20H2,1H3;3-4H,1-2H3/t18?,20-;16-;/m00./s1. The first-order valence-corrected chi connectivity index (χ1v) is 18.9. The van der Waals surface area contributed by atoms with Gasteiger partial charge in [-0.15, -0.1) is 0 Å². The molecule has 13 nitrogen and oxygen atoms in total. The molecule has 4 rings (SSSR count). The summed E-state index contributed by atoms with van der Waals surface area (Å²) >= 11 is 0. The third-order valence-corrected chi connectivity index (χ3v) is 8.29. The van der Waals surface area contributed by atoms with E-state index >= 15 is 0 Å². The molecule has 1 unspecified atom stereocenters. The molecule has 0 aliphatic rings. The maximum atomic E-state index is 14.6. The van der Waals surface area contributed by atoms with Gasteiger partial charge >= 0.3 is 11.9 Å². The molecule has 3 atom stereocenters. The van der Waals surface area contributed by atoms with E-state index in [0.29, 0.717) is 30.6 Å². The third kappa shape index (κ3) is 19.3. The number of ether oxygens (including phenoxy) is 7. The van der Waals surface area contributed by atoms with Crippen molar-refractivity contribution in [1.82, 2.24) is 5.32 Å². The molecule has 4 aromatic rings. The molecule has 15 heteroatoms. The zero-order chi connectivity index (χ0) is 43.4. The normalized spacial score (nSPS) is 12.1. The number of benzene rings is 4. The van der Waals surface area contributed by atoms with E-state index in [1.807, 2.05) is 60.7 Å². The molecule has 0 spiro atoms. The van der Waals surface area contributed by atoms with Gasteiger partial charge in [-0.1, -0.05) is 72.8 Å². The van der Waals surface area contributed by atoms with Crippen molar-refractivity contribution in [2.24, 2.45) is 5.73 Å². The maximum absolute atomic E-state index is 14.6. The van der Waals surface area contributed by atoms with Crippen molar-refractivity contribution >= 4 is 18.2 Å². The van der Waals surface area contributed by atoms with Gasteiger partial charge in [-0.3, -0.25) is 14.4 Å². The predicted octanol–water partition coefficient (Wildman–Crippen LogP) is 6.16. The average molecular weight is 827 g/mol. The number of aldehydes is 1. The lowest BCUT2D eigenvalue weighted by molar-refractivity contribution is -0.144. The first-order valence-electron chi connectivity index (χ1n) is 18.9. The number of methoxy groups -OCH3 is 3. The molecule has 0 aliphatic carbocycles. The van der Waals surface area contributed by atoms with Crippen molar-refractivity contribution < 1.29 is 61.4 Å². The number of nitrogens with one attached hydrogen (secondary N) is 1. The van der Waals surface area contributed by atoms with Crippen LogP contribution in [0.5, 0.6) is 11.5 Å². The van der Waals surface area contributed by atoms with Gasteiger partial charge in [-0.2, -0.15) is 0 Å². The van der Waals surface area contributed by atoms with E-state index < -0.39 is 48.1 Å². The Balaban J connectivity index is 0.000000356. The summed E-state index contributed by atoms with van der Waals surface area (Å²) in [6.45, 7) is 4.68. The monoisotopic (exact) mass is 826 g/mol. The van der Waals surface area contributed by atoms with Gasteiger partial charge in [0, 0.05) is 40.0 Å². The van der Waals surface area contributed by atoms with Crippen molar-refractivity contribution in [2.45, 2.75) is 64.4 Å². The van der Waals surface area contributed by atoms with Gasteiger partial charge in [0.25, 0.3) is 0 Å². The summed E-state index contributed by atoms with van der Waals surface area (Å²) in [6, 6.07) is 27.0. The Labute approximate surface area is 344 Å². The van der Waals surface area contributed by atoms with Crippen molar-refractivity contribution in [3.8, 4) is 11.5 Å². The van der Waals surface area contributed by atoms with Crippen LogP contribution in [-0.4, -0.2) is 83.4 Å². The molecule has 4 N–H and O–H groups in total. The van der Waals surface area contributed by atoms with Crippen molar-refractivity contribution in [3.05, 3.63) is 131 Å². The second kappa shape index (κ2) is 29.0. The van der Waals surface area contributed by atoms with E-state index in [-0.39, 0.29) is 50.8 Å². The largest absolute Gasteiger partial charge is 0.486 e. The van der Waals surface area contributed by atoms with Crippen LogP contribution in [-0.2, 0) is 51.3 Å². The molecular formula is C44H56F2N2O11. The minimum absolute atomic E-state index is 0.0114. The summed E-state index contributed by atoms with van der Waals surface area (Å²) in [4.78, 5) is 33.1. The highest BCUT2D eigenvalue weighted by atomic mass is 19.1. The maximum Gasteiger partial charge on any atom is 0.307 e. The first kappa shape index (κ1) is 49.9. The molecule has 0 aliphatic heterocycles. The zero-order valence-corrected chi connectivity index (χ0v) is 34.1. The number of hydrogen-bond donors (Lipinski definition) is 3. The van der Waals surface area contributed by atoms with Crippen LogP contribution in [0.4, 0.5) is 8.78 Å². The quantitative estimate of drug-likeness (QED) is 0.0468. The summed E-state index contributed by atoms with van der Waals surface area (Å²) in [5, 5.41) is 12.4. The number of carbonyl (C=O) groups is 3. The lowest BCUT2D eigenvalue weighted by Gasteiger charge is -2.22. The third-order valence-electron chi connectivity index (χ3n) is 8.29. The smallest absolute Gasteiger partial charge is 0.307 e. The van der Waals surface area contributed by atoms with E-state index in [0.717, 1.165) is 11.1 Å². The van der Waals surface area contributed by atoms with Crippen LogP contribution >= 0.6 is 0 Å². The second-order valence-corrected chi connectivity index (χ2v) is 12.5. The fourth-order valence-corrected chi connectivity index (χ4v) is 5.10. The number of rotatable bonds is 22. The SMILES string of the molecule is CCOC(=O)C[C@H](N)c1ccc(OCc2ccccc2)c(F)c1.CCOC(=O)C[C@H](NCC(CO)OC)c1ccc(OCc2ccccc2)c(F)c1.COC(C=O)OC. The summed E-state index contributed by atoms with van der Waals surface area (Å²) in [7, 11) is 4.30. The topological polar surface area (TPSA) is 174 Å². The Bertz CT molecular complexity index is 1780. The second-order valence-electron chi connectivity index (χ2n) is 12.5. The molecule has 0 amide bonds.